The van der Waals surface area contributed by atoms with Crippen LogP contribution in [0.1, 0.15) is 165 Å². The molecule has 644 valence electrons. The Bertz CT molecular complexity index is 4950. The zero-order valence-electron chi connectivity index (χ0n) is 69.7. The summed E-state index contributed by atoms with van der Waals surface area (Å²) in [6.07, 6.45) is -8.31. The number of aliphatic hydroxyl groups excluding tert-OH is 6. The minimum absolute atomic E-state index is 0. The summed E-state index contributed by atoms with van der Waals surface area (Å²) < 4.78 is 47.9. The van der Waals surface area contributed by atoms with Gasteiger partial charge >= 0.3 is 26.2 Å². The number of aliphatic carboxylic acids is 3. The van der Waals surface area contributed by atoms with Crippen molar-refractivity contribution in [1.29, 1.82) is 0 Å². The van der Waals surface area contributed by atoms with Gasteiger partial charge in [-0.1, -0.05) is 187 Å². The van der Waals surface area contributed by atoms with Gasteiger partial charge in [-0.15, -0.1) is 0 Å². The second-order valence-corrected chi connectivity index (χ2v) is 31.2. The fourth-order valence-corrected chi connectivity index (χ4v) is 15.6. The average molecular weight is 1880 g/mol. The fourth-order valence-electron chi connectivity index (χ4n) is 15.6. The summed E-state index contributed by atoms with van der Waals surface area (Å²) >= 11 is 0. The van der Waals surface area contributed by atoms with E-state index in [1.54, 1.807) is 72.8 Å². The summed E-state index contributed by atoms with van der Waals surface area (Å²) in [6, 6.07) is 74.1. The van der Waals surface area contributed by atoms with Gasteiger partial charge in [0.1, 0.15) is 17.5 Å². The van der Waals surface area contributed by atoms with Crippen LogP contribution in [-0.4, -0.2) is 143 Å². The van der Waals surface area contributed by atoms with Crippen LogP contribution in [0, 0.1) is 17.5 Å². The number of nitrogens with zero attached hydrogens (tertiary/aromatic N) is 3. The number of halogens is 3. The van der Waals surface area contributed by atoms with E-state index in [-0.39, 0.29) is 120 Å². The number of anilines is 3. The molecular formula is C99H102BiF3N6O15. The molecule has 3 heterocycles. The van der Waals surface area contributed by atoms with Gasteiger partial charge in [0, 0.05) is 108 Å². The molecule has 0 spiro atoms. The molecule has 0 bridgehead atoms. The van der Waals surface area contributed by atoms with Crippen LogP contribution in [0.25, 0.3) is 67.2 Å². The number of aliphatic hydroxyl groups is 6. The molecule has 12 aromatic rings. The van der Waals surface area contributed by atoms with Gasteiger partial charge in [-0.25, -0.2) is 13.2 Å². The molecule has 3 amide bonds. The van der Waals surface area contributed by atoms with Gasteiger partial charge in [-0.3, -0.25) is 14.4 Å². The number of hydrogen-bond acceptors (Lipinski definition) is 15. The third kappa shape index (κ3) is 25.9. The second-order valence-electron chi connectivity index (χ2n) is 31.2. The number of carboxylic acid groups (broad SMARTS) is 3. The van der Waals surface area contributed by atoms with Crippen LogP contribution >= 0.6 is 0 Å². The Morgan fingerprint density at radius 1 is 0.298 bits per heavy atom. The number of aromatic nitrogens is 3. The molecule has 0 unspecified atom stereocenters. The Morgan fingerprint density at radius 3 is 0.694 bits per heavy atom. The van der Waals surface area contributed by atoms with E-state index in [1.165, 1.54) is 36.4 Å². The first-order chi connectivity index (χ1) is 59.0. The molecule has 0 saturated carbocycles. The summed E-state index contributed by atoms with van der Waals surface area (Å²) in [4.78, 5) is 74.7. The van der Waals surface area contributed by atoms with E-state index in [4.69, 9.17) is 0 Å². The average Bonchev–Trinajstić information content (AvgIpc) is 1.60. The standard InChI is InChI=1S/3C33H35FN2O5.Bi/c3*1-21(2)31-30(33(41)35-25-11-7-4-8-12-25)29(22-9-5-3-6-10-22)32(23-13-15-24(34)16-14-23)36(31)18-17-26(37)19-27(38)20-28(39)40;/h3*3-16,21,26-27,37-38H,17-20H2,1-2H3,(H,35,41)(H,39,40);/q;;;+3/p-3/t3*26-,27-;/m111./s1. The van der Waals surface area contributed by atoms with E-state index < -0.39 is 91.2 Å². The molecule has 2 radical (unpaired) electrons. The minimum Gasteiger partial charge on any atom is -0.550 e. The molecule has 21 nitrogen and oxygen atoms in total. The van der Waals surface area contributed by atoms with E-state index in [9.17, 15) is 87.9 Å². The third-order valence-electron chi connectivity index (χ3n) is 20.8. The normalized spacial score (nSPS) is 12.6. The predicted molar refractivity (Wildman–Crippen MR) is 470 cm³/mol. The summed E-state index contributed by atoms with van der Waals surface area (Å²) in [6.45, 7) is 12.7. The quantitative estimate of drug-likeness (QED) is 0.0165. The summed E-state index contributed by atoms with van der Waals surface area (Å²) in [5.41, 5.74) is 14.1. The molecule has 9 N–H and O–H groups in total. The Labute approximate surface area is 738 Å². The van der Waals surface area contributed by atoms with Crippen LogP contribution < -0.4 is 31.3 Å². The van der Waals surface area contributed by atoms with E-state index in [0.29, 0.717) is 84.2 Å². The maximum Gasteiger partial charge on any atom is 3.00 e. The maximum absolute atomic E-state index is 14.0. The zero-order valence-corrected chi connectivity index (χ0v) is 73.2. The van der Waals surface area contributed by atoms with Crippen molar-refractivity contribution in [2.75, 3.05) is 16.0 Å². The van der Waals surface area contributed by atoms with E-state index >= 15 is 0 Å². The molecule has 0 aliphatic carbocycles. The Kier molecular flexibility index (Phi) is 35.6. The summed E-state index contributed by atoms with van der Waals surface area (Å²) in [7, 11) is 0. The molecule has 0 aliphatic heterocycles. The fraction of sp³-hybridized carbons (Fsp3) is 0.273. The topological polar surface area (TPSA) is 344 Å². The first kappa shape index (κ1) is 95.9. The van der Waals surface area contributed by atoms with Gasteiger partial charge < -0.3 is 90.0 Å². The molecule has 25 heteroatoms. The van der Waals surface area contributed by atoms with E-state index in [1.807, 2.05) is 201 Å². The van der Waals surface area contributed by atoms with Gasteiger partial charge in [0.05, 0.1) is 70.4 Å². The second kappa shape index (κ2) is 46.0. The summed E-state index contributed by atoms with van der Waals surface area (Å²) in [5, 5.41) is 104. The minimum atomic E-state index is -1.39. The van der Waals surface area contributed by atoms with Gasteiger partial charge in [0.2, 0.25) is 0 Å². The maximum atomic E-state index is 14.0. The number of hydrogen-bond donors (Lipinski definition) is 9. The molecule has 124 heavy (non-hydrogen) atoms. The van der Waals surface area contributed by atoms with Crippen molar-refractivity contribution in [3.63, 3.8) is 0 Å². The van der Waals surface area contributed by atoms with Gasteiger partial charge in [0.15, 0.2) is 0 Å². The first-order valence-electron chi connectivity index (χ1n) is 41.0. The van der Waals surface area contributed by atoms with Gasteiger partial charge in [0.25, 0.3) is 17.7 Å². The van der Waals surface area contributed by atoms with Crippen molar-refractivity contribution >= 4 is 78.9 Å². The number of carboxylic acids is 3. The molecule has 12 rings (SSSR count). The number of carbonyl (C=O) groups is 6. The number of nitrogens with one attached hydrogen (secondary N) is 3. The van der Waals surface area contributed by atoms with Crippen molar-refractivity contribution in [3.8, 4) is 67.2 Å². The monoisotopic (exact) mass is 1880 g/mol. The van der Waals surface area contributed by atoms with Crippen LogP contribution in [0.2, 0.25) is 0 Å². The van der Waals surface area contributed by atoms with Crippen LogP contribution in [0.5, 0.6) is 0 Å². The number of rotatable bonds is 36. The van der Waals surface area contributed by atoms with E-state index in [2.05, 4.69) is 16.0 Å². The zero-order chi connectivity index (χ0) is 88.6. The van der Waals surface area contributed by atoms with Crippen molar-refractivity contribution in [3.05, 3.63) is 306 Å². The molecule has 0 saturated heterocycles. The first-order valence-corrected chi connectivity index (χ1v) is 41.0. The summed E-state index contributed by atoms with van der Waals surface area (Å²) in [5.74, 6) is -6.61. The van der Waals surface area contributed by atoms with E-state index in [0.717, 1.165) is 33.8 Å². The molecule has 3 aromatic heterocycles. The number of carbonyl (C=O) groups excluding carboxylic acids is 6. The van der Waals surface area contributed by atoms with Crippen LogP contribution in [0.3, 0.4) is 0 Å². The largest absolute Gasteiger partial charge is 3.00 e. The predicted octanol–water partition coefficient (Wildman–Crippen LogP) is 14.6. The SMILES string of the molecule is CC(C)c1c(C(=O)Nc2ccccc2)c(-c2ccccc2)c(-c2ccc(F)cc2)n1CC[C@@H](O)C[C@@H](O)CC(=O)[O-].CC(C)c1c(C(=O)Nc2ccccc2)c(-c2ccccc2)c(-c2ccc(F)cc2)n1CC[C@@H](O)C[C@@H](O)CC(=O)[O-].CC(C)c1c(C(=O)Nc2ccccc2)c(-c2ccccc2)c(-c2ccc(F)cc2)n1CC[C@@H](O)C[C@@H](O)CC(=O)[O-].[Bi+3]. The molecule has 9 aromatic carbocycles. The number of para-hydroxylation sites is 3. The molecule has 0 fully saturated rings. The Balaban J connectivity index is 0.000000210. The number of benzene rings is 9. The molecular weight excluding hydrogens is 1780 g/mol. The van der Waals surface area contributed by atoms with Crippen LogP contribution in [-0.2, 0) is 34.0 Å². The van der Waals surface area contributed by atoms with Crippen LogP contribution in [0.4, 0.5) is 30.2 Å². The van der Waals surface area contributed by atoms with Crippen molar-refractivity contribution in [2.45, 2.75) is 173 Å². The molecule has 0 aliphatic rings. The Morgan fingerprint density at radius 2 is 0.500 bits per heavy atom. The van der Waals surface area contributed by atoms with Crippen molar-refractivity contribution in [1.82, 2.24) is 13.7 Å². The third-order valence-corrected chi connectivity index (χ3v) is 20.8. The van der Waals surface area contributed by atoms with Crippen molar-refractivity contribution < 1.29 is 87.9 Å². The van der Waals surface area contributed by atoms with Gasteiger partial charge in [-0.05, 0) is 199 Å². The Hall–Kier alpha value is -11.9. The van der Waals surface area contributed by atoms with Crippen LogP contribution in [0.15, 0.2) is 255 Å². The smallest absolute Gasteiger partial charge is 0.550 e. The molecule has 6 atom stereocenters. The van der Waals surface area contributed by atoms with Gasteiger partial charge in [-0.2, -0.15) is 0 Å². The number of amides is 3. The van der Waals surface area contributed by atoms with Crippen molar-refractivity contribution in [2.24, 2.45) is 0 Å².